The summed E-state index contributed by atoms with van der Waals surface area (Å²) >= 11 is 0. The molecule has 0 radical (unpaired) electrons. The second-order valence-electron chi connectivity index (χ2n) is 5.61. The molecule has 0 aliphatic heterocycles. The van der Waals surface area contributed by atoms with Crippen LogP contribution in [0.1, 0.15) is 51.5 Å². The van der Waals surface area contributed by atoms with Gasteiger partial charge in [-0.3, -0.25) is 4.79 Å². The number of benzene rings is 1. The van der Waals surface area contributed by atoms with Crippen molar-refractivity contribution in [1.82, 2.24) is 0 Å². The van der Waals surface area contributed by atoms with Gasteiger partial charge in [0, 0.05) is 0 Å². The van der Waals surface area contributed by atoms with Gasteiger partial charge in [0.05, 0.1) is 12.1 Å². The van der Waals surface area contributed by atoms with Crippen molar-refractivity contribution in [3.05, 3.63) is 29.8 Å². The molecule has 0 aliphatic carbocycles. The highest BCUT2D eigenvalue weighted by Crippen LogP contribution is 2.21. The molecule has 20 heavy (non-hydrogen) atoms. The Labute approximate surface area is 121 Å². The maximum atomic E-state index is 11.1. The van der Waals surface area contributed by atoms with Crippen LogP contribution >= 0.6 is 0 Å². The lowest BCUT2D eigenvalue weighted by atomic mass is 9.97. The Morgan fingerprint density at radius 3 is 2.45 bits per heavy atom. The average Bonchev–Trinajstić information content (AvgIpc) is 2.43. The van der Waals surface area contributed by atoms with Crippen LogP contribution in [0.4, 0.5) is 0 Å². The van der Waals surface area contributed by atoms with Crippen LogP contribution in [-0.4, -0.2) is 18.1 Å². The van der Waals surface area contributed by atoms with E-state index in [0.717, 1.165) is 12.2 Å². The van der Waals surface area contributed by atoms with E-state index in [1.807, 2.05) is 12.1 Å². The van der Waals surface area contributed by atoms with Gasteiger partial charge in [0.2, 0.25) is 5.91 Å². The summed E-state index contributed by atoms with van der Waals surface area (Å²) in [5.74, 6) is 0.933. The summed E-state index contributed by atoms with van der Waals surface area (Å²) in [7, 11) is 0. The average molecular weight is 278 g/mol. The fourth-order valence-electron chi connectivity index (χ4n) is 1.88. The first-order valence-electron chi connectivity index (χ1n) is 7.18. The zero-order valence-corrected chi connectivity index (χ0v) is 12.7. The summed E-state index contributed by atoms with van der Waals surface area (Å²) in [6.07, 6.45) is 2.35. The lowest BCUT2D eigenvalue weighted by molar-refractivity contribution is -0.122. The van der Waals surface area contributed by atoms with Crippen molar-refractivity contribution in [2.24, 2.45) is 11.5 Å². The zero-order chi connectivity index (χ0) is 15.2. The van der Waals surface area contributed by atoms with Gasteiger partial charge in [0.25, 0.3) is 0 Å². The molecule has 1 amide bonds. The Hall–Kier alpha value is -1.55. The maximum Gasteiger partial charge on any atom is 0.237 e. The van der Waals surface area contributed by atoms with Crippen molar-refractivity contribution in [1.29, 1.82) is 0 Å². The minimum Gasteiger partial charge on any atom is -0.494 e. The second-order valence-corrected chi connectivity index (χ2v) is 5.61. The molecule has 2 unspecified atom stereocenters. The molecule has 0 spiro atoms. The summed E-state index contributed by atoms with van der Waals surface area (Å²) in [5, 5.41) is 0. The van der Waals surface area contributed by atoms with Crippen LogP contribution in [0.5, 0.6) is 5.75 Å². The molecule has 0 saturated heterocycles. The highest BCUT2D eigenvalue weighted by molar-refractivity contribution is 5.83. The highest BCUT2D eigenvalue weighted by atomic mass is 16.5. The normalized spacial score (nSPS) is 15.4. The first-order chi connectivity index (χ1) is 9.36. The van der Waals surface area contributed by atoms with Crippen molar-refractivity contribution in [3.63, 3.8) is 0 Å². The minimum atomic E-state index is -0.955. The number of primary amides is 1. The maximum absolute atomic E-state index is 11.1. The molecule has 4 N–H and O–H groups in total. The Bertz CT molecular complexity index is 427. The number of rotatable bonds is 8. The number of nitrogens with two attached hydrogens (primary N) is 2. The Balaban J connectivity index is 2.38. The summed E-state index contributed by atoms with van der Waals surface area (Å²) in [4.78, 5) is 11.1. The van der Waals surface area contributed by atoms with Gasteiger partial charge in [-0.25, -0.2) is 0 Å². The fraction of sp³-hybridized carbons (Fsp3) is 0.562. The lowest BCUT2D eigenvalue weighted by Crippen LogP contribution is -2.49. The fourth-order valence-corrected chi connectivity index (χ4v) is 1.88. The monoisotopic (exact) mass is 278 g/mol. The number of ether oxygens (including phenoxy) is 1. The predicted octanol–water partition coefficient (Wildman–Crippen LogP) is 2.56. The van der Waals surface area contributed by atoms with Crippen LogP contribution in [0.3, 0.4) is 0 Å². The number of carbonyl (C=O) groups is 1. The molecule has 2 atom stereocenters. The molecule has 1 aromatic rings. The predicted molar refractivity (Wildman–Crippen MR) is 81.7 cm³/mol. The number of hydrogen-bond donors (Lipinski definition) is 2. The van der Waals surface area contributed by atoms with Gasteiger partial charge in [-0.05, 0) is 49.8 Å². The van der Waals surface area contributed by atoms with Crippen molar-refractivity contribution in [3.8, 4) is 5.75 Å². The smallest absolute Gasteiger partial charge is 0.237 e. The third-order valence-corrected chi connectivity index (χ3v) is 3.73. The standard InChI is InChI=1S/C16H26N2O2/c1-4-12(2)13-6-8-14(9-7-13)20-11-5-10-16(3,18)15(17)19/h6-9,12H,4-5,10-11,18H2,1-3H3,(H2,17,19). The van der Waals surface area contributed by atoms with Gasteiger partial charge in [-0.1, -0.05) is 26.0 Å². The van der Waals surface area contributed by atoms with Crippen molar-refractivity contribution in [2.75, 3.05) is 6.61 Å². The van der Waals surface area contributed by atoms with Gasteiger partial charge < -0.3 is 16.2 Å². The van der Waals surface area contributed by atoms with Crippen LogP contribution in [0.15, 0.2) is 24.3 Å². The van der Waals surface area contributed by atoms with E-state index in [9.17, 15) is 4.79 Å². The molecular formula is C16H26N2O2. The van der Waals surface area contributed by atoms with Crippen LogP contribution in [-0.2, 0) is 4.79 Å². The lowest BCUT2D eigenvalue weighted by Gasteiger charge is -2.20. The third-order valence-electron chi connectivity index (χ3n) is 3.73. The molecule has 0 bridgehead atoms. The van der Waals surface area contributed by atoms with Crippen LogP contribution in [0.25, 0.3) is 0 Å². The highest BCUT2D eigenvalue weighted by Gasteiger charge is 2.24. The molecular weight excluding hydrogens is 252 g/mol. The second kappa shape index (κ2) is 7.29. The Morgan fingerprint density at radius 1 is 1.35 bits per heavy atom. The largest absolute Gasteiger partial charge is 0.494 e. The Morgan fingerprint density at radius 2 is 1.95 bits per heavy atom. The topological polar surface area (TPSA) is 78.3 Å². The first kappa shape index (κ1) is 16.5. The van der Waals surface area contributed by atoms with E-state index in [1.165, 1.54) is 5.56 Å². The molecule has 0 fully saturated rings. The van der Waals surface area contributed by atoms with Crippen LogP contribution in [0, 0.1) is 0 Å². The minimum absolute atomic E-state index is 0.476. The summed E-state index contributed by atoms with van der Waals surface area (Å²) in [6, 6.07) is 8.16. The molecule has 1 aromatic carbocycles. The molecule has 0 saturated carbocycles. The first-order valence-corrected chi connectivity index (χ1v) is 7.18. The van der Waals surface area contributed by atoms with E-state index in [-0.39, 0.29) is 0 Å². The van der Waals surface area contributed by atoms with E-state index in [0.29, 0.717) is 25.4 Å². The van der Waals surface area contributed by atoms with Crippen molar-refractivity contribution >= 4 is 5.91 Å². The molecule has 1 rings (SSSR count). The van der Waals surface area contributed by atoms with Crippen LogP contribution < -0.4 is 16.2 Å². The van der Waals surface area contributed by atoms with E-state index >= 15 is 0 Å². The molecule has 4 nitrogen and oxygen atoms in total. The third kappa shape index (κ3) is 4.85. The number of carbonyl (C=O) groups excluding carboxylic acids is 1. The zero-order valence-electron chi connectivity index (χ0n) is 12.7. The summed E-state index contributed by atoms with van der Waals surface area (Å²) < 4.78 is 5.64. The summed E-state index contributed by atoms with van der Waals surface area (Å²) in [5.41, 5.74) is 11.4. The van der Waals surface area contributed by atoms with Gasteiger partial charge in [0.15, 0.2) is 0 Å². The molecule has 0 aromatic heterocycles. The molecule has 4 heteroatoms. The van der Waals surface area contributed by atoms with Crippen LogP contribution in [0.2, 0.25) is 0 Å². The molecule has 0 heterocycles. The number of hydrogen-bond acceptors (Lipinski definition) is 3. The SMILES string of the molecule is CCC(C)c1ccc(OCCCC(C)(N)C(N)=O)cc1. The van der Waals surface area contributed by atoms with Crippen molar-refractivity contribution in [2.45, 2.75) is 51.5 Å². The van der Waals surface area contributed by atoms with Gasteiger partial charge in [0.1, 0.15) is 5.75 Å². The summed E-state index contributed by atoms with van der Waals surface area (Å²) in [6.45, 7) is 6.57. The van der Waals surface area contributed by atoms with Gasteiger partial charge in [-0.15, -0.1) is 0 Å². The quantitative estimate of drug-likeness (QED) is 0.717. The molecule has 112 valence electrons. The van der Waals surface area contributed by atoms with E-state index in [2.05, 4.69) is 26.0 Å². The van der Waals surface area contributed by atoms with Gasteiger partial charge >= 0.3 is 0 Å². The number of amides is 1. The Kier molecular flexibility index (Phi) is 6.02. The molecule has 0 aliphatic rings. The van der Waals surface area contributed by atoms with Gasteiger partial charge in [-0.2, -0.15) is 0 Å². The van der Waals surface area contributed by atoms with E-state index < -0.39 is 11.4 Å². The van der Waals surface area contributed by atoms with E-state index in [1.54, 1.807) is 6.92 Å². The van der Waals surface area contributed by atoms with Crippen molar-refractivity contribution < 1.29 is 9.53 Å². The van der Waals surface area contributed by atoms with E-state index in [4.69, 9.17) is 16.2 Å².